The average Bonchev–Trinajstić information content (AvgIpc) is 3.41. The Morgan fingerprint density at radius 1 is 1.16 bits per heavy atom. The van der Waals surface area contributed by atoms with Gasteiger partial charge in [-0.05, 0) is 30.5 Å². The molecular formula is C23H32IN5O2S. The second-order valence-corrected chi connectivity index (χ2v) is 8.89. The predicted octanol–water partition coefficient (Wildman–Crippen LogP) is 4.60. The third kappa shape index (κ3) is 5.31. The molecule has 0 saturated heterocycles. The van der Waals surface area contributed by atoms with Gasteiger partial charge < -0.3 is 20.1 Å². The molecule has 0 radical (unpaired) electrons. The molecule has 0 amide bonds. The zero-order chi connectivity index (χ0) is 21.7. The topological polar surface area (TPSA) is 72.2 Å². The van der Waals surface area contributed by atoms with Crippen LogP contribution in [0.4, 0.5) is 0 Å². The van der Waals surface area contributed by atoms with Crippen molar-refractivity contribution in [2.45, 2.75) is 44.1 Å². The zero-order valence-electron chi connectivity index (χ0n) is 18.9. The molecule has 0 atom stereocenters. The number of methoxy groups -OCH3 is 2. The quantitative estimate of drug-likeness (QED) is 0.247. The van der Waals surface area contributed by atoms with Crippen molar-refractivity contribution < 1.29 is 9.47 Å². The van der Waals surface area contributed by atoms with E-state index >= 15 is 0 Å². The van der Waals surface area contributed by atoms with E-state index in [0.29, 0.717) is 6.54 Å². The van der Waals surface area contributed by atoms with Crippen molar-refractivity contribution >= 4 is 46.2 Å². The molecule has 1 aromatic carbocycles. The summed E-state index contributed by atoms with van der Waals surface area (Å²) in [5.74, 6) is 2.34. The maximum Gasteiger partial charge on any atom is 0.193 e. The molecule has 0 bridgehead atoms. The first-order valence-corrected chi connectivity index (χ1v) is 11.6. The minimum absolute atomic E-state index is 0. The number of aliphatic imine (C=N–C) groups is 1. The van der Waals surface area contributed by atoms with Gasteiger partial charge in [-0.25, -0.2) is 4.98 Å². The average molecular weight is 570 g/mol. The number of rotatable bonds is 7. The first-order valence-electron chi connectivity index (χ1n) is 10.8. The molecule has 9 heteroatoms. The van der Waals surface area contributed by atoms with Crippen LogP contribution in [-0.4, -0.2) is 43.2 Å². The lowest BCUT2D eigenvalue weighted by Crippen LogP contribution is -2.46. The molecule has 0 aliphatic heterocycles. The lowest BCUT2D eigenvalue weighted by atomic mass is 9.69. The van der Waals surface area contributed by atoms with E-state index < -0.39 is 0 Å². The number of aromatic nitrogens is 2. The number of imidazole rings is 1. The Balaban J connectivity index is 0.00000289. The van der Waals surface area contributed by atoms with Gasteiger partial charge in [0.05, 0.1) is 26.5 Å². The maximum atomic E-state index is 5.58. The summed E-state index contributed by atoms with van der Waals surface area (Å²) in [6.07, 6.45) is 10.1. The van der Waals surface area contributed by atoms with Crippen LogP contribution in [-0.2, 0) is 12.0 Å². The van der Waals surface area contributed by atoms with Crippen LogP contribution in [0, 0.1) is 0 Å². The molecule has 1 aliphatic carbocycles. The normalized spacial score (nSPS) is 15.8. The molecule has 2 N–H and O–H groups in total. The first-order chi connectivity index (χ1) is 15.2. The summed E-state index contributed by atoms with van der Waals surface area (Å²) in [7, 11) is 5.18. The lowest BCUT2D eigenvalue weighted by molar-refractivity contribution is 0.288. The number of halogens is 1. The van der Waals surface area contributed by atoms with E-state index in [4.69, 9.17) is 9.47 Å². The molecule has 0 spiro atoms. The van der Waals surface area contributed by atoms with Crippen LogP contribution >= 0.6 is 35.3 Å². The molecule has 1 aliphatic rings. The zero-order valence-corrected chi connectivity index (χ0v) is 22.0. The van der Waals surface area contributed by atoms with Crippen molar-refractivity contribution in [1.29, 1.82) is 0 Å². The van der Waals surface area contributed by atoms with E-state index in [9.17, 15) is 0 Å². The summed E-state index contributed by atoms with van der Waals surface area (Å²) in [5, 5.41) is 9.03. The summed E-state index contributed by atoms with van der Waals surface area (Å²) in [5.41, 5.74) is 2.34. The van der Waals surface area contributed by atoms with E-state index in [2.05, 4.69) is 38.9 Å². The molecule has 1 saturated carbocycles. The maximum absolute atomic E-state index is 5.58. The lowest BCUT2D eigenvalue weighted by Gasteiger charge is -2.38. The number of fused-ring (bicyclic) bond motifs is 1. The van der Waals surface area contributed by atoms with Crippen molar-refractivity contribution in [3.63, 3.8) is 0 Å². The van der Waals surface area contributed by atoms with Gasteiger partial charge in [0.25, 0.3) is 0 Å². The smallest absolute Gasteiger partial charge is 0.193 e. The summed E-state index contributed by atoms with van der Waals surface area (Å²) in [4.78, 5) is 10.1. The molecule has 2 aromatic heterocycles. The van der Waals surface area contributed by atoms with Gasteiger partial charge in [-0.3, -0.25) is 9.39 Å². The van der Waals surface area contributed by atoms with Crippen molar-refractivity contribution in [3.05, 3.63) is 47.2 Å². The van der Waals surface area contributed by atoms with E-state index in [1.165, 1.54) is 24.8 Å². The Hall–Kier alpha value is -2.01. The summed E-state index contributed by atoms with van der Waals surface area (Å²) in [6, 6.07) is 6.34. The number of hydrogen-bond acceptors (Lipinski definition) is 5. The third-order valence-corrected chi connectivity index (χ3v) is 6.98. The number of thiazole rings is 1. The highest BCUT2D eigenvalue weighted by Crippen LogP contribution is 2.42. The predicted molar refractivity (Wildman–Crippen MR) is 141 cm³/mol. The van der Waals surface area contributed by atoms with Crippen LogP contribution in [0.3, 0.4) is 0 Å². The summed E-state index contributed by atoms with van der Waals surface area (Å²) in [6.45, 7) is 1.46. The van der Waals surface area contributed by atoms with Crippen LogP contribution in [0.2, 0.25) is 0 Å². The fourth-order valence-corrected chi connectivity index (χ4v) is 5.19. The molecule has 3 aromatic rings. The van der Waals surface area contributed by atoms with Crippen LogP contribution in [0.5, 0.6) is 11.5 Å². The fourth-order valence-electron chi connectivity index (χ4n) is 4.47. The highest BCUT2D eigenvalue weighted by Gasteiger charge is 2.34. The summed E-state index contributed by atoms with van der Waals surface area (Å²) >= 11 is 1.64. The van der Waals surface area contributed by atoms with Crippen molar-refractivity contribution in [2.24, 2.45) is 4.99 Å². The standard InChI is InChI=1S/C23H31N5O2S.HI/c1-24-21(25-14-18-15-28-11-12-31-22(28)27-18)26-16-23(9-5-4-6-10-23)17-7-8-19(29-2)20(13-17)30-3;/h7-8,11-13,15H,4-6,9-10,14,16H2,1-3H3,(H2,24,25,26);1H. The van der Waals surface area contributed by atoms with Crippen molar-refractivity contribution in [3.8, 4) is 11.5 Å². The van der Waals surface area contributed by atoms with E-state index in [0.717, 1.165) is 47.5 Å². The molecule has 32 heavy (non-hydrogen) atoms. The van der Waals surface area contributed by atoms with Crippen LogP contribution in [0.15, 0.2) is 41.0 Å². The number of nitrogens with one attached hydrogen (secondary N) is 2. The Morgan fingerprint density at radius 2 is 1.94 bits per heavy atom. The largest absolute Gasteiger partial charge is 0.493 e. The Kier molecular flexibility index (Phi) is 8.64. The second kappa shape index (κ2) is 11.2. The minimum atomic E-state index is 0. The van der Waals surface area contributed by atoms with Crippen LogP contribution in [0.25, 0.3) is 4.96 Å². The van der Waals surface area contributed by atoms with Gasteiger partial charge in [-0.1, -0.05) is 25.3 Å². The number of benzene rings is 1. The molecule has 7 nitrogen and oxygen atoms in total. The number of hydrogen-bond donors (Lipinski definition) is 2. The first kappa shape index (κ1) is 24.6. The Bertz CT molecular complexity index is 1010. The Labute approximate surface area is 210 Å². The number of guanidine groups is 1. The van der Waals surface area contributed by atoms with Gasteiger partial charge >= 0.3 is 0 Å². The third-order valence-electron chi connectivity index (χ3n) is 6.20. The monoisotopic (exact) mass is 569 g/mol. The van der Waals surface area contributed by atoms with Gasteiger partial charge in [-0.2, -0.15) is 0 Å². The van der Waals surface area contributed by atoms with E-state index in [1.807, 2.05) is 29.1 Å². The summed E-state index contributed by atoms with van der Waals surface area (Å²) < 4.78 is 13.1. The highest BCUT2D eigenvalue weighted by atomic mass is 127. The van der Waals surface area contributed by atoms with Crippen molar-refractivity contribution in [2.75, 3.05) is 27.8 Å². The molecule has 174 valence electrons. The number of nitrogens with zero attached hydrogens (tertiary/aromatic N) is 3. The van der Waals surface area contributed by atoms with Gasteiger partial charge in [0, 0.05) is 36.8 Å². The van der Waals surface area contributed by atoms with Gasteiger partial charge in [0.1, 0.15) is 0 Å². The second-order valence-electron chi connectivity index (χ2n) is 8.02. The molecule has 0 unspecified atom stereocenters. The van der Waals surface area contributed by atoms with Crippen LogP contribution in [0.1, 0.15) is 43.4 Å². The minimum Gasteiger partial charge on any atom is -0.493 e. The molecular weight excluding hydrogens is 537 g/mol. The van der Waals surface area contributed by atoms with Gasteiger partial charge in [0.15, 0.2) is 22.4 Å². The van der Waals surface area contributed by atoms with E-state index in [-0.39, 0.29) is 29.4 Å². The highest BCUT2D eigenvalue weighted by molar-refractivity contribution is 14.0. The van der Waals surface area contributed by atoms with Crippen molar-refractivity contribution in [1.82, 2.24) is 20.0 Å². The molecule has 2 heterocycles. The van der Waals surface area contributed by atoms with Gasteiger partial charge in [0.2, 0.25) is 0 Å². The molecule has 4 rings (SSSR count). The SMILES string of the molecule is CN=C(NCc1cn2ccsc2n1)NCC1(c2ccc(OC)c(OC)c2)CCCCC1.I. The Morgan fingerprint density at radius 3 is 2.62 bits per heavy atom. The van der Waals surface area contributed by atoms with E-state index in [1.54, 1.807) is 25.6 Å². The fraction of sp³-hybridized carbons (Fsp3) is 0.478. The number of ether oxygens (including phenoxy) is 2. The molecule has 1 fully saturated rings. The van der Waals surface area contributed by atoms with Gasteiger partial charge in [-0.15, -0.1) is 35.3 Å². The van der Waals surface area contributed by atoms with Crippen LogP contribution < -0.4 is 20.1 Å².